The van der Waals surface area contributed by atoms with Crippen LogP contribution >= 0.6 is 0 Å². The molecule has 0 radical (unpaired) electrons. The molecule has 116 valence electrons. The van der Waals surface area contributed by atoms with Crippen LogP contribution in [0.1, 0.15) is 67.9 Å². The second-order valence-corrected chi connectivity index (χ2v) is 8.31. The number of rotatable bonds is 0. The zero-order chi connectivity index (χ0) is 16.6. The molecule has 6 atom stereocenters. The fourth-order valence-electron chi connectivity index (χ4n) is 5.92. The van der Waals surface area contributed by atoms with Crippen molar-refractivity contribution in [3.63, 3.8) is 0 Å². The standard InChI is InChI=1S/C19H28O2/c1-18-9-7-13(20)11-12(18)3-4-14-15-5-6-17(21)19(15,2)10-8-16(14)18/h3,13-16,20H,4-11H2,1-2H3/t13-,14-,15-,16-,18-,19-/m0/s1/i4D2. The molecule has 0 heterocycles. The van der Waals surface area contributed by atoms with Crippen LogP contribution in [-0.2, 0) is 4.79 Å². The minimum atomic E-state index is -1.35. The molecule has 4 aliphatic carbocycles. The molecule has 3 fully saturated rings. The van der Waals surface area contributed by atoms with Gasteiger partial charge < -0.3 is 5.11 Å². The van der Waals surface area contributed by atoms with Gasteiger partial charge in [0.05, 0.1) is 6.10 Å². The summed E-state index contributed by atoms with van der Waals surface area (Å²) >= 11 is 0. The number of fused-ring (bicyclic) bond motifs is 5. The Hall–Kier alpha value is -0.630. The summed E-state index contributed by atoms with van der Waals surface area (Å²) in [7, 11) is 0. The van der Waals surface area contributed by atoms with Gasteiger partial charge in [0.2, 0.25) is 0 Å². The predicted molar refractivity (Wildman–Crippen MR) is 82.7 cm³/mol. The van der Waals surface area contributed by atoms with E-state index in [9.17, 15) is 9.90 Å². The predicted octanol–water partition coefficient (Wildman–Crippen LogP) is 3.88. The molecule has 21 heavy (non-hydrogen) atoms. The van der Waals surface area contributed by atoms with Crippen molar-refractivity contribution in [3.8, 4) is 0 Å². The van der Waals surface area contributed by atoms with Crippen LogP contribution in [0.3, 0.4) is 0 Å². The van der Waals surface area contributed by atoms with Gasteiger partial charge in [-0.1, -0.05) is 25.5 Å². The van der Waals surface area contributed by atoms with E-state index in [1.54, 1.807) is 0 Å². The highest BCUT2D eigenvalue weighted by Crippen LogP contribution is 2.63. The zero-order valence-corrected chi connectivity index (χ0v) is 13.2. The number of hydrogen-bond donors (Lipinski definition) is 1. The first-order valence-electron chi connectivity index (χ1n) is 9.62. The van der Waals surface area contributed by atoms with Crippen LogP contribution in [0.25, 0.3) is 0 Å². The van der Waals surface area contributed by atoms with Crippen LogP contribution in [0.4, 0.5) is 0 Å². The number of carbonyl (C=O) groups is 1. The molecule has 0 aromatic heterocycles. The fraction of sp³-hybridized carbons (Fsp3) is 0.842. The van der Waals surface area contributed by atoms with Crippen LogP contribution < -0.4 is 0 Å². The molecule has 0 aromatic carbocycles. The molecule has 0 amide bonds. The third-order valence-corrected chi connectivity index (χ3v) is 7.43. The van der Waals surface area contributed by atoms with Crippen molar-refractivity contribution in [3.05, 3.63) is 11.6 Å². The van der Waals surface area contributed by atoms with Crippen LogP contribution in [0.2, 0.25) is 0 Å². The molecule has 2 heteroatoms. The summed E-state index contributed by atoms with van der Waals surface area (Å²) in [5, 5.41) is 10.0. The molecule has 0 bridgehead atoms. The van der Waals surface area contributed by atoms with Gasteiger partial charge in [0.1, 0.15) is 5.78 Å². The van der Waals surface area contributed by atoms with Gasteiger partial charge in [-0.25, -0.2) is 0 Å². The lowest BCUT2D eigenvalue weighted by Gasteiger charge is -2.56. The van der Waals surface area contributed by atoms with E-state index in [4.69, 9.17) is 2.74 Å². The van der Waals surface area contributed by atoms with Gasteiger partial charge in [-0.15, -0.1) is 0 Å². The highest BCUT2D eigenvalue weighted by Gasteiger charge is 2.58. The summed E-state index contributed by atoms with van der Waals surface area (Å²) in [4.78, 5) is 12.5. The van der Waals surface area contributed by atoms with E-state index in [0.29, 0.717) is 24.5 Å². The SMILES string of the molecule is [2H]C1([2H])C=C2C[C@@H](O)CC[C@]2(C)[C@H]2CC[C@]3(C)C(=O)CC[C@H]3[C@@H]21. The number of aliphatic hydroxyl groups excluding tert-OH is 1. The third-order valence-electron chi connectivity index (χ3n) is 7.43. The molecular formula is C19H28O2. The van der Waals surface area contributed by atoms with E-state index in [0.717, 1.165) is 37.7 Å². The van der Waals surface area contributed by atoms with Crippen molar-refractivity contribution in [2.24, 2.45) is 28.6 Å². The maximum atomic E-state index is 12.5. The molecule has 0 unspecified atom stereocenters. The van der Waals surface area contributed by atoms with E-state index in [-0.39, 0.29) is 28.8 Å². The van der Waals surface area contributed by atoms with Crippen molar-refractivity contribution in [2.45, 2.75) is 71.3 Å². The van der Waals surface area contributed by atoms with Crippen molar-refractivity contribution in [1.29, 1.82) is 0 Å². The summed E-state index contributed by atoms with van der Waals surface area (Å²) < 4.78 is 17.5. The van der Waals surface area contributed by atoms with Gasteiger partial charge in [0.15, 0.2) is 0 Å². The number of carbonyl (C=O) groups excluding carboxylic acids is 1. The fourth-order valence-corrected chi connectivity index (χ4v) is 5.92. The first-order chi connectivity index (χ1) is 10.7. The molecule has 4 rings (SSSR count). The Labute approximate surface area is 130 Å². The lowest BCUT2D eigenvalue weighted by atomic mass is 9.48. The highest BCUT2D eigenvalue weighted by molar-refractivity contribution is 5.87. The molecule has 0 aromatic rings. The zero-order valence-electron chi connectivity index (χ0n) is 15.2. The van der Waals surface area contributed by atoms with E-state index in [1.165, 1.54) is 0 Å². The molecule has 0 aliphatic heterocycles. The molecule has 4 aliphatic rings. The molecule has 0 saturated heterocycles. The van der Waals surface area contributed by atoms with Crippen molar-refractivity contribution >= 4 is 5.78 Å². The van der Waals surface area contributed by atoms with Crippen LogP contribution in [0.15, 0.2) is 11.6 Å². The van der Waals surface area contributed by atoms with Crippen LogP contribution in [-0.4, -0.2) is 17.0 Å². The van der Waals surface area contributed by atoms with Gasteiger partial charge in [0.25, 0.3) is 0 Å². The quantitative estimate of drug-likeness (QED) is 0.687. The number of hydrogen-bond acceptors (Lipinski definition) is 2. The topological polar surface area (TPSA) is 37.3 Å². The Morgan fingerprint density at radius 2 is 1.90 bits per heavy atom. The Morgan fingerprint density at radius 1 is 1.19 bits per heavy atom. The smallest absolute Gasteiger partial charge is 0.139 e. The van der Waals surface area contributed by atoms with Gasteiger partial charge in [-0.3, -0.25) is 4.79 Å². The van der Waals surface area contributed by atoms with Crippen LogP contribution in [0, 0.1) is 28.6 Å². The molecule has 2 nitrogen and oxygen atoms in total. The number of ketones is 1. The molecular weight excluding hydrogens is 260 g/mol. The maximum absolute atomic E-state index is 12.5. The Balaban J connectivity index is 1.80. The summed E-state index contributed by atoms with van der Waals surface area (Å²) in [6, 6.07) is 0. The second-order valence-electron chi connectivity index (χ2n) is 8.31. The van der Waals surface area contributed by atoms with Gasteiger partial charge in [-0.05, 0) is 68.1 Å². The Bertz CT molecular complexity index is 584. The Morgan fingerprint density at radius 3 is 2.71 bits per heavy atom. The first kappa shape index (κ1) is 11.9. The maximum Gasteiger partial charge on any atom is 0.139 e. The summed E-state index contributed by atoms with van der Waals surface area (Å²) in [6.45, 7) is 4.38. The number of Topliss-reactive ketones (excluding diaryl/α,β-unsaturated/α-hetero) is 1. The lowest BCUT2D eigenvalue weighted by molar-refractivity contribution is -0.132. The average Bonchev–Trinajstić information content (AvgIpc) is 2.77. The van der Waals surface area contributed by atoms with Gasteiger partial charge in [0, 0.05) is 14.6 Å². The summed E-state index contributed by atoms with van der Waals surface area (Å²) in [5.74, 6) is 0.812. The van der Waals surface area contributed by atoms with Crippen molar-refractivity contribution in [2.75, 3.05) is 0 Å². The molecule has 0 spiro atoms. The van der Waals surface area contributed by atoms with E-state index >= 15 is 0 Å². The number of allylic oxidation sites excluding steroid dienone is 1. The minimum Gasteiger partial charge on any atom is -0.393 e. The van der Waals surface area contributed by atoms with Gasteiger partial charge >= 0.3 is 0 Å². The first-order valence-corrected chi connectivity index (χ1v) is 8.62. The van der Waals surface area contributed by atoms with E-state index in [1.807, 2.05) is 6.08 Å². The summed E-state index contributed by atoms with van der Waals surface area (Å²) in [5.41, 5.74) is 0.850. The number of aliphatic hydroxyl groups is 1. The second kappa shape index (κ2) is 4.44. The average molecular weight is 290 g/mol. The molecule has 1 N–H and O–H groups in total. The normalized spacial score (nSPS) is 56.5. The summed E-state index contributed by atoms with van der Waals surface area (Å²) in [6.07, 6.45) is 5.92. The van der Waals surface area contributed by atoms with Gasteiger partial charge in [-0.2, -0.15) is 0 Å². The van der Waals surface area contributed by atoms with Crippen LogP contribution in [0.5, 0.6) is 0 Å². The van der Waals surface area contributed by atoms with Crippen molar-refractivity contribution in [1.82, 2.24) is 0 Å². The largest absolute Gasteiger partial charge is 0.393 e. The van der Waals surface area contributed by atoms with E-state index in [2.05, 4.69) is 13.8 Å². The minimum absolute atomic E-state index is 0.0163. The molecule has 3 saturated carbocycles. The monoisotopic (exact) mass is 290 g/mol. The van der Waals surface area contributed by atoms with E-state index < -0.39 is 6.37 Å². The lowest BCUT2D eigenvalue weighted by Crippen LogP contribution is -2.50. The Kier molecular flexibility index (Phi) is 2.51. The third kappa shape index (κ3) is 1.78. The highest BCUT2D eigenvalue weighted by atomic mass is 16.3. The van der Waals surface area contributed by atoms with Crippen molar-refractivity contribution < 1.29 is 12.6 Å².